The van der Waals surface area contributed by atoms with Crippen molar-refractivity contribution in [2.24, 2.45) is 0 Å². The minimum atomic E-state index is -4.30. The fourth-order valence-electron chi connectivity index (χ4n) is 4.10. The van der Waals surface area contributed by atoms with Gasteiger partial charge in [-0.05, 0) is 53.9 Å². The van der Waals surface area contributed by atoms with Gasteiger partial charge in [0.15, 0.2) is 0 Å². The van der Waals surface area contributed by atoms with Crippen LogP contribution in [0.1, 0.15) is 35.9 Å². The van der Waals surface area contributed by atoms with Gasteiger partial charge in [-0.1, -0.05) is 36.2 Å². The first-order valence-electron chi connectivity index (χ1n) is 10.8. The van der Waals surface area contributed by atoms with Crippen molar-refractivity contribution in [2.75, 3.05) is 7.11 Å². The number of methoxy groups -OCH3 is 1. The van der Waals surface area contributed by atoms with Gasteiger partial charge in [0.2, 0.25) is 15.9 Å². The van der Waals surface area contributed by atoms with E-state index in [0.717, 1.165) is 0 Å². The second kappa shape index (κ2) is 10.6. The van der Waals surface area contributed by atoms with Crippen LogP contribution in [-0.2, 0) is 10.0 Å². The van der Waals surface area contributed by atoms with Gasteiger partial charge in [-0.25, -0.2) is 27.7 Å². The summed E-state index contributed by atoms with van der Waals surface area (Å²) >= 11 is 11.9. The standard InChI is InChI=1S/C24H21Cl2FN4O5S/c1-12-16(14-4-9-20(26)28-11-14)6-7-17(27)21(12)13(2)22(23-29-30-24(32)36-23)31-37(33,34)19-8-5-15(25)10-18(19)35-3/h4-11,13,22,31H,1-3H3,(H,30,32)/t13-,22+/m1/s1. The minimum absolute atomic E-state index is 0.00511. The van der Waals surface area contributed by atoms with E-state index in [1.54, 1.807) is 38.2 Å². The number of rotatable bonds is 8. The molecule has 4 aromatic rings. The summed E-state index contributed by atoms with van der Waals surface area (Å²) in [5, 5.41) is 6.51. The van der Waals surface area contributed by atoms with E-state index >= 15 is 4.39 Å². The molecule has 2 heterocycles. The summed E-state index contributed by atoms with van der Waals surface area (Å²) in [7, 11) is -3.00. The fourth-order valence-corrected chi connectivity index (χ4v) is 5.80. The lowest BCUT2D eigenvalue weighted by Gasteiger charge is -2.25. The second-order valence-electron chi connectivity index (χ2n) is 8.14. The third-order valence-electron chi connectivity index (χ3n) is 5.87. The van der Waals surface area contributed by atoms with Crippen molar-refractivity contribution in [1.29, 1.82) is 0 Å². The highest BCUT2D eigenvalue weighted by atomic mass is 35.5. The van der Waals surface area contributed by atoms with Crippen LogP contribution in [0.3, 0.4) is 0 Å². The number of H-pyrrole nitrogens is 1. The van der Waals surface area contributed by atoms with Crippen molar-refractivity contribution >= 4 is 33.2 Å². The van der Waals surface area contributed by atoms with Crippen molar-refractivity contribution < 1.29 is 22.0 Å². The van der Waals surface area contributed by atoms with Gasteiger partial charge in [-0.3, -0.25) is 0 Å². The van der Waals surface area contributed by atoms with Crippen molar-refractivity contribution in [2.45, 2.75) is 30.7 Å². The van der Waals surface area contributed by atoms with Crippen molar-refractivity contribution in [3.05, 3.63) is 92.2 Å². The van der Waals surface area contributed by atoms with E-state index in [-0.39, 0.29) is 27.1 Å². The molecule has 37 heavy (non-hydrogen) atoms. The lowest BCUT2D eigenvalue weighted by molar-refractivity contribution is 0.374. The molecule has 4 rings (SSSR count). The monoisotopic (exact) mass is 566 g/mol. The molecule has 0 aliphatic carbocycles. The third-order valence-corrected chi connectivity index (χ3v) is 7.81. The Bertz CT molecular complexity index is 1610. The van der Waals surface area contributed by atoms with Crippen LogP contribution in [0, 0.1) is 12.7 Å². The molecule has 0 spiro atoms. The molecule has 0 radical (unpaired) electrons. The Labute approximate surface area is 221 Å². The normalized spacial score (nSPS) is 13.4. The van der Waals surface area contributed by atoms with Crippen molar-refractivity contribution in [3.8, 4) is 16.9 Å². The topological polar surface area (TPSA) is 127 Å². The zero-order chi connectivity index (χ0) is 26.9. The molecular weight excluding hydrogens is 546 g/mol. The number of hydrogen-bond donors (Lipinski definition) is 2. The number of halogens is 3. The number of sulfonamides is 1. The smallest absolute Gasteiger partial charge is 0.434 e. The van der Waals surface area contributed by atoms with Crippen LogP contribution in [0.15, 0.2) is 62.8 Å². The molecule has 13 heteroatoms. The molecule has 0 aliphatic rings. The van der Waals surface area contributed by atoms with Crippen LogP contribution < -0.4 is 15.2 Å². The average Bonchev–Trinajstić information content (AvgIpc) is 3.29. The number of aromatic amines is 1. The third kappa shape index (κ3) is 5.54. The van der Waals surface area contributed by atoms with E-state index in [9.17, 15) is 13.2 Å². The lowest BCUT2D eigenvalue weighted by Crippen LogP contribution is -2.33. The maximum absolute atomic E-state index is 15.3. The number of aromatic nitrogens is 3. The zero-order valence-corrected chi connectivity index (χ0v) is 22.1. The highest BCUT2D eigenvalue weighted by Crippen LogP contribution is 2.38. The minimum Gasteiger partial charge on any atom is -0.495 e. The van der Waals surface area contributed by atoms with Gasteiger partial charge in [-0.15, -0.1) is 5.10 Å². The Hall–Kier alpha value is -3.25. The van der Waals surface area contributed by atoms with E-state index < -0.39 is 33.6 Å². The second-order valence-corrected chi connectivity index (χ2v) is 10.6. The van der Waals surface area contributed by atoms with Gasteiger partial charge < -0.3 is 9.15 Å². The first-order valence-corrected chi connectivity index (χ1v) is 13.1. The Balaban J connectivity index is 1.82. The Morgan fingerprint density at radius 3 is 2.54 bits per heavy atom. The van der Waals surface area contributed by atoms with Gasteiger partial charge in [0.25, 0.3) is 0 Å². The van der Waals surface area contributed by atoms with Gasteiger partial charge in [-0.2, -0.15) is 4.72 Å². The summed E-state index contributed by atoms with van der Waals surface area (Å²) in [5.41, 5.74) is 2.07. The van der Waals surface area contributed by atoms with Crippen LogP contribution >= 0.6 is 23.2 Å². The van der Waals surface area contributed by atoms with Gasteiger partial charge >= 0.3 is 5.76 Å². The summed E-state index contributed by atoms with van der Waals surface area (Å²) in [6, 6.07) is 8.94. The van der Waals surface area contributed by atoms with Crippen LogP contribution in [-0.4, -0.2) is 30.7 Å². The number of hydrogen-bond acceptors (Lipinski definition) is 7. The van der Waals surface area contributed by atoms with Crippen LogP contribution in [0.5, 0.6) is 5.75 Å². The summed E-state index contributed by atoms with van der Waals surface area (Å²) in [6.07, 6.45) is 1.55. The number of nitrogens with one attached hydrogen (secondary N) is 2. The maximum atomic E-state index is 15.3. The molecule has 2 aromatic carbocycles. The van der Waals surface area contributed by atoms with Gasteiger partial charge in [0, 0.05) is 28.8 Å². The Kier molecular flexibility index (Phi) is 7.69. The molecule has 0 amide bonds. The van der Waals surface area contributed by atoms with Crippen molar-refractivity contribution in [3.63, 3.8) is 0 Å². The number of benzene rings is 2. The molecule has 2 N–H and O–H groups in total. The summed E-state index contributed by atoms with van der Waals surface area (Å²) in [4.78, 5) is 15.6. The molecule has 2 atom stereocenters. The number of pyridine rings is 1. The summed E-state index contributed by atoms with van der Waals surface area (Å²) < 4.78 is 54.9. The van der Waals surface area contributed by atoms with Crippen molar-refractivity contribution in [1.82, 2.24) is 19.9 Å². The molecule has 0 bridgehead atoms. The van der Waals surface area contributed by atoms with Crippen LogP contribution in [0.25, 0.3) is 11.1 Å². The molecule has 0 saturated carbocycles. The number of ether oxygens (including phenoxy) is 1. The first kappa shape index (κ1) is 26.8. The SMILES string of the molecule is COc1cc(Cl)ccc1S(=O)(=O)N[C@H](c1n[nH]c(=O)o1)[C@H](C)c1c(F)ccc(-c2ccc(Cl)nc2)c1C. The molecule has 0 aliphatic heterocycles. The summed E-state index contributed by atoms with van der Waals surface area (Å²) in [6.45, 7) is 3.30. The Morgan fingerprint density at radius 2 is 1.92 bits per heavy atom. The van der Waals surface area contributed by atoms with E-state index in [1.165, 1.54) is 31.4 Å². The molecule has 0 fully saturated rings. The Morgan fingerprint density at radius 1 is 1.16 bits per heavy atom. The number of nitrogens with zero attached hydrogens (tertiary/aromatic N) is 2. The predicted octanol–water partition coefficient (Wildman–Crippen LogP) is 5.01. The first-order chi connectivity index (χ1) is 17.5. The average molecular weight is 567 g/mol. The molecule has 0 unspecified atom stereocenters. The summed E-state index contributed by atoms with van der Waals surface area (Å²) in [5.74, 6) is -2.64. The van der Waals surface area contributed by atoms with E-state index in [1.807, 2.05) is 0 Å². The molecule has 194 valence electrons. The van der Waals surface area contributed by atoms with Gasteiger partial charge in [0.05, 0.1) is 7.11 Å². The quantitative estimate of drug-likeness (QED) is 0.287. The molecule has 9 nitrogen and oxygen atoms in total. The molecule has 0 saturated heterocycles. The van der Waals surface area contributed by atoms with Crippen LogP contribution in [0.4, 0.5) is 4.39 Å². The van der Waals surface area contributed by atoms with E-state index in [0.29, 0.717) is 21.8 Å². The maximum Gasteiger partial charge on any atom is 0.434 e. The van der Waals surface area contributed by atoms with Crippen LogP contribution in [0.2, 0.25) is 10.2 Å². The zero-order valence-electron chi connectivity index (χ0n) is 19.8. The highest BCUT2D eigenvalue weighted by molar-refractivity contribution is 7.89. The highest BCUT2D eigenvalue weighted by Gasteiger charge is 2.34. The fraction of sp³-hybridized carbons (Fsp3) is 0.208. The molecule has 2 aromatic heterocycles. The lowest BCUT2D eigenvalue weighted by atomic mass is 9.86. The molecular formula is C24H21Cl2FN4O5S. The van der Waals surface area contributed by atoms with Gasteiger partial charge in [0.1, 0.15) is 27.7 Å². The van der Waals surface area contributed by atoms with E-state index in [4.69, 9.17) is 32.4 Å². The largest absolute Gasteiger partial charge is 0.495 e. The van der Waals surface area contributed by atoms with E-state index in [2.05, 4.69) is 19.9 Å². The predicted molar refractivity (Wildman–Crippen MR) is 136 cm³/mol.